The molecule has 0 aliphatic rings. The van der Waals surface area contributed by atoms with Crippen LogP contribution in [0.5, 0.6) is 5.75 Å². The van der Waals surface area contributed by atoms with Crippen LogP contribution in [0.1, 0.15) is 23.1 Å². The molecule has 0 atom stereocenters. The number of hydrogen-bond donors (Lipinski definition) is 2. The van der Waals surface area contributed by atoms with Gasteiger partial charge in [0.05, 0.1) is 0 Å². The molecular formula is C17H17FO3. The Bertz CT molecular complexity index is 678. The molecule has 3 nitrogen and oxygen atoms in total. The van der Waals surface area contributed by atoms with Crippen molar-refractivity contribution in [3.05, 3.63) is 52.8 Å². The highest BCUT2D eigenvalue weighted by Crippen LogP contribution is 2.39. The van der Waals surface area contributed by atoms with Crippen LogP contribution >= 0.6 is 0 Å². The summed E-state index contributed by atoms with van der Waals surface area (Å²) in [4.78, 5) is 10.7. The van der Waals surface area contributed by atoms with E-state index in [0.717, 1.165) is 5.56 Å². The van der Waals surface area contributed by atoms with Gasteiger partial charge < -0.3 is 10.2 Å². The maximum absolute atomic E-state index is 14.3. The van der Waals surface area contributed by atoms with Gasteiger partial charge in [-0.15, -0.1) is 0 Å². The molecule has 21 heavy (non-hydrogen) atoms. The van der Waals surface area contributed by atoms with Crippen LogP contribution in [0.2, 0.25) is 0 Å². The molecule has 0 spiro atoms. The molecule has 110 valence electrons. The number of phenolic OH excluding ortho intramolecular Hbond substituents is 1. The molecule has 0 saturated carbocycles. The van der Waals surface area contributed by atoms with Crippen LogP contribution in [-0.2, 0) is 11.2 Å². The number of hydrogen-bond acceptors (Lipinski definition) is 2. The van der Waals surface area contributed by atoms with Crippen molar-refractivity contribution < 1.29 is 19.4 Å². The van der Waals surface area contributed by atoms with Crippen LogP contribution in [0.3, 0.4) is 0 Å². The van der Waals surface area contributed by atoms with Crippen molar-refractivity contribution in [3.63, 3.8) is 0 Å². The summed E-state index contributed by atoms with van der Waals surface area (Å²) in [6.45, 7) is 3.39. The fourth-order valence-corrected chi connectivity index (χ4v) is 2.43. The normalized spacial score (nSPS) is 10.6. The third kappa shape index (κ3) is 2.89. The maximum atomic E-state index is 14.3. The number of benzene rings is 2. The largest absolute Gasteiger partial charge is 0.507 e. The summed E-state index contributed by atoms with van der Waals surface area (Å²) in [5.41, 5.74) is 2.52. The van der Waals surface area contributed by atoms with Crippen molar-refractivity contribution in [1.82, 2.24) is 0 Å². The minimum atomic E-state index is -1.02. The Hall–Kier alpha value is -2.36. The number of carboxylic acid groups (broad SMARTS) is 1. The molecule has 0 radical (unpaired) electrons. The van der Waals surface area contributed by atoms with Gasteiger partial charge in [0, 0.05) is 17.5 Å². The average Bonchev–Trinajstić information content (AvgIpc) is 2.46. The van der Waals surface area contributed by atoms with Gasteiger partial charge in [0.2, 0.25) is 0 Å². The molecule has 0 aliphatic heterocycles. The van der Waals surface area contributed by atoms with Crippen molar-refractivity contribution in [2.75, 3.05) is 0 Å². The van der Waals surface area contributed by atoms with E-state index in [4.69, 9.17) is 5.11 Å². The SMILES string of the molecule is Cc1c(C)c(-c2ccccc2)c(O)c(CCC(=O)O)c1F. The minimum Gasteiger partial charge on any atom is -0.507 e. The molecule has 0 fully saturated rings. The molecular weight excluding hydrogens is 271 g/mol. The first-order chi connectivity index (χ1) is 9.93. The van der Waals surface area contributed by atoms with Crippen LogP contribution in [0.4, 0.5) is 4.39 Å². The third-order valence-electron chi connectivity index (χ3n) is 3.71. The van der Waals surface area contributed by atoms with Gasteiger partial charge in [0.25, 0.3) is 0 Å². The van der Waals surface area contributed by atoms with E-state index in [1.165, 1.54) is 0 Å². The van der Waals surface area contributed by atoms with Crippen LogP contribution in [0.15, 0.2) is 30.3 Å². The molecule has 2 aromatic rings. The Kier molecular flexibility index (Phi) is 4.26. The lowest BCUT2D eigenvalue weighted by molar-refractivity contribution is -0.136. The molecule has 2 aromatic carbocycles. The third-order valence-corrected chi connectivity index (χ3v) is 3.71. The predicted molar refractivity (Wildman–Crippen MR) is 78.9 cm³/mol. The zero-order valence-corrected chi connectivity index (χ0v) is 12.0. The van der Waals surface area contributed by atoms with Crippen molar-refractivity contribution in [1.29, 1.82) is 0 Å². The average molecular weight is 288 g/mol. The van der Waals surface area contributed by atoms with Gasteiger partial charge in [-0.1, -0.05) is 30.3 Å². The maximum Gasteiger partial charge on any atom is 0.303 e. The zero-order chi connectivity index (χ0) is 15.6. The topological polar surface area (TPSA) is 57.5 Å². The highest BCUT2D eigenvalue weighted by molar-refractivity contribution is 5.77. The van der Waals surface area contributed by atoms with Crippen LogP contribution in [0, 0.1) is 19.7 Å². The zero-order valence-electron chi connectivity index (χ0n) is 12.0. The van der Waals surface area contributed by atoms with Crippen molar-refractivity contribution in [3.8, 4) is 16.9 Å². The van der Waals surface area contributed by atoms with Gasteiger partial charge in [-0.05, 0) is 37.0 Å². The van der Waals surface area contributed by atoms with E-state index in [2.05, 4.69) is 0 Å². The van der Waals surface area contributed by atoms with Crippen molar-refractivity contribution >= 4 is 5.97 Å². The smallest absolute Gasteiger partial charge is 0.303 e. The summed E-state index contributed by atoms with van der Waals surface area (Å²) in [5.74, 6) is -1.71. The van der Waals surface area contributed by atoms with Gasteiger partial charge >= 0.3 is 5.97 Å². The van der Waals surface area contributed by atoms with E-state index < -0.39 is 11.8 Å². The molecule has 2 rings (SSSR count). The molecule has 2 N–H and O–H groups in total. The second-order valence-electron chi connectivity index (χ2n) is 5.03. The van der Waals surface area contributed by atoms with Gasteiger partial charge in [0.15, 0.2) is 0 Å². The summed E-state index contributed by atoms with van der Waals surface area (Å²) >= 11 is 0. The first-order valence-electron chi connectivity index (χ1n) is 6.71. The Labute approximate surface area is 122 Å². The number of carboxylic acids is 1. The molecule has 0 aliphatic carbocycles. The van der Waals surface area contributed by atoms with Crippen molar-refractivity contribution in [2.45, 2.75) is 26.7 Å². The summed E-state index contributed by atoms with van der Waals surface area (Å²) in [6, 6.07) is 9.20. The first-order valence-corrected chi connectivity index (χ1v) is 6.71. The Balaban J connectivity index is 2.63. The van der Waals surface area contributed by atoms with Gasteiger partial charge in [0.1, 0.15) is 11.6 Å². The molecule has 0 unspecified atom stereocenters. The predicted octanol–water partition coefficient (Wildman–Crippen LogP) is 3.83. The Morgan fingerprint density at radius 2 is 1.76 bits per heavy atom. The second-order valence-corrected chi connectivity index (χ2v) is 5.03. The van der Waals surface area contributed by atoms with Crippen molar-refractivity contribution in [2.24, 2.45) is 0 Å². The lowest BCUT2D eigenvalue weighted by Gasteiger charge is -2.17. The second kappa shape index (κ2) is 5.95. The van der Waals surface area contributed by atoms with Crippen LogP contribution in [0.25, 0.3) is 11.1 Å². The Morgan fingerprint density at radius 1 is 1.14 bits per heavy atom. The molecule has 0 heterocycles. The molecule has 0 saturated heterocycles. The minimum absolute atomic E-state index is 0.0338. The number of rotatable bonds is 4. The molecule has 4 heteroatoms. The number of carbonyl (C=O) groups is 1. The Morgan fingerprint density at radius 3 is 2.33 bits per heavy atom. The van der Waals surface area contributed by atoms with Crippen LogP contribution < -0.4 is 0 Å². The summed E-state index contributed by atoms with van der Waals surface area (Å²) in [5, 5.41) is 19.2. The van der Waals surface area contributed by atoms with E-state index in [0.29, 0.717) is 16.7 Å². The van der Waals surface area contributed by atoms with E-state index in [-0.39, 0.29) is 24.2 Å². The lowest BCUT2D eigenvalue weighted by atomic mass is 9.91. The number of aliphatic carboxylic acids is 1. The summed E-state index contributed by atoms with van der Waals surface area (Å²) in [6.07, 6.45) is -0.255. The first kappa shape index (κ1) is 15.0. The van der Waals surface area contributed by atoms with E-state index in [9.17, 15) is 14.3 Å². The molecule has 0 amide bonds. The van der Waals surface area contributed by atoms with E-state index >= 15 is 0 Å². The highest BCUT2D eigenvalue weighted by atomic mass is 19.1. The fourth-order valence-electron chi connectivity index (χ4n) is 2.43. The van der Waals surface area contributed by atoms with Gasteiger partial charge in [-0.25, -0.2) is 4.39 Å². The van der Waals surface area contributed by atoms with Crippen LogP contribution in [-0.4, -0.2) is 16.2 Å². The standard InChI is InChI=1S/C17H17FO3/c1-10-11(2)16(18)13(8-9-14(19)20)17(21)15(10)12-6-4-3-5-7-12/h3-7,21H,8-9H2,1-2H3,(H,19,20). The highest BCUT2D eigenvalue weighted by Gasteiger charge is 2.21. The molecule has 0 bridgehead atoms. The van der Waals surface area contributed by atoms with Gasteiger partial charge in [-0.2, -0.15) is 0 Å². The van der Waals surface area contributed by atoms with E-state index in [1.54, 1.807) is 13.8 Å². The number of halogens is 1. The monoisotopic (exact) mass is 288 g/mol. The van der Waals surface area contributed by atoms with Gasteiger partial charge in [-0.3, -0.25) is 4.79 Å². The number of phenols is 1. The summed E-state index contributed by atoms with van der Waals surface area (Å²) < 4.78 is 14.3. The summed E-state index contributed by atoms with van der Waals surface area (Å²) in [7, 11) is 0. The lowest BCUT2D eigenvalue weighted by Crippen LogP contribution is -2.04. The number of aromatic hydroxyl groups is 1. The quantitative estimate of drug-likeness (QED) is 0.899. The molecule has 0 aromatic heterocycles. The fraction of sp³-hybridized carbons (Fsp3) is 0.235. The van der Waals surface area contributed by atoms with E-state index in [1.807, 2.05) is 30.3 Å².